The predicted molar refractivity (Wildman–Crippen MR) is 323 cm³/mol. The Morgan fingerprint density at radius 2 is 0.395 bits per heavy atom. The summed E-state index contributed by atoms with van der Waals surface area (Å²) in [6, 6.07) is 17.8. The second-order valence-corrected chi connectivity index (χ2v) is 31.2. The second-order valence-electron chi connectivity index (χ2n) is 31.2. The van der Waals surface area contributed by atoms with Gasteiger partial charge in [0.15, 0.2) is 0 Å². The lowest BCUT2D eigenvalue weighted by atomic mass is 9.78. The van der Waals surface area contributed by atoms with E-state index in [2.05, 4.69) is 234 Å². The third kappa shape index (κ3) is 16.0. The number of phenols is 4. The molecule has 0 bridgehead atoms. The van der Waals surface area contributed by atoms with Gasteiger partial charge in [0, 0.05) is 101 Å². The highest BCUT2D eigenvalue weighted by molar-refractivity contribution is 5.52. The van der Waals surface area contributed by atoms with Crippen molar-refractivity contribution in [2.45, 2.75) is 236 Å². The van der Waals surface area contributed by atoms with Gasteiger partial charge in [-0.05, 0) is 87.8 Å². The molecule has 76 heavy (non-hydrogen) atoms. The summed E-state index contributed by atoms with van der Waals surface area (Å²) in [5, 5.41) is 49.0. The van der Waals surface area contributed by atoms with Crippen LogP contribution in [0.15, 0.2) is 48.5 Å². The minimum Gasteiger partial charge on any atom is -0.507 e. The fourth-order valence-corrected chi connectivity index (χ4v) is 10.5. The molecular formula is C68H108N4O4. The number of rotatable bonds is 8. The summed E-state index contributed by atoms with van der Waals surface area (Å²) in [5.41, 5.74) is 11.0. The first-order valence-electron chi connectivity index (χ1n) is 28.7. The molecule has 0 aliphatic carbocycles. The van der Waals surface area contributed by atoms with Crippen molar-refractivity contribution >= 4 is 0 Å². The van der Waals surface area contributed by atoms with Crippen LogP contribution in [0.5, 0.6) is 23.0 Å². The van der Waals surface area contributed by atoms with Crippen molar-refractivity contribution in [3.63, 3.8) is 0 Å². The standard InChI is InChI=1S/C68H108N4O4/c1-61(2,3)49-33-45(57(73)53(37-49)65(13,14)15)41-69-25-27-70(42-46-34-50(62(4,5)6)38-54(58(46)74)66(16,17)18)29-31-72(44-48-36-52(64(10,11)12)40-56(60(48)76)68(22,23)24)32-30-71(28-26-69)43-47-35-51(63(7,8)9)39-55(59(47)75)67(19,20)21/h33-40,73-76H,25-32,41-44H2,1-24H3. The van der Waals surface area contributed by atoms with E-state index in [9.17, 15) is 20.4 Å². The summed E-state index contributed by atoms with van der Waals surface area (Å²) in [4.78, 5) is 10.1. The fraction of sp³-hybridized carbons (Fsp3) is 0.647. The third-order valence-corrected chi connectivity index (χ3v) is 16.0. The van der Waals surface area contributed by atoms with E-state index in [0.29, 0.717) is 49.2 Å². The van der Waals surface area contributed by atoms with Crippen molar-refractivity contribution < 1.29 is 20.4 Å². The monoisotopic (exact) mass is 1040 g/mol. The van der Waals surface area contributed by atoms with Gasteiger partial charge in [0.05, 0.1) is 0 Å². The van der Waals surface area contributed by atoms with Crippen LogP contribution in [-0.2, 0) is 69.5 Å². The van der Waals surface area contributed by atoms with Crippen molar-refractivity contribution in [2.75, 3.05) is 52.4 Å². The number of phenolic OH excluding ortho intramolecular Hbond substituents is 4. The zero-order chi connectivity index (χ0) is 57.7. The SMILES string of the molecule is CC(C)(C)c1cc(CN2CCN(Cc3cc(C(C)(C)C)cc(C(C)(C)C)c3O)CCN(Cc3cc(C(C)(C)C)cc(C(C)(C)C)c3O)CCN(Cc3cc(C(C)(C)C)cc(C(C)(C)C)c3O)CC2)c(O)c(C(C)(C)C)c1. The van der Waals surface area contributed by atoms with Gasteiger partial charge in [0.1, 0.15) is 23.0 Å². The van der Waals surface area contributed by atoms with Crippen LogP contribution in [-0.4, -0.2) is 92.4 Å². The first kappa shape index (κ1) is 62.8. The predicted octanol–water partition coefficient (Wildman–Crippen LogP) is 15.2. The van der Waals surface area contributed by atoms with Crippen molar-refractivity contribution in [3.05, 3.63) is 115 Å². The van der Waals surface area contributed by atoms with Crippen LogP contribution < -0.4 is 0 Å². The Labute approximate surface area is 464 Å². The first-order chi connectivity index (χ1) is 34.3. The minimum atomic E-state index is -0.258. The van der Waals surface area contributed by atoms with Gasteiger partial charge in [-0.1, -0.05) is 215 Å². The smallest absolute Gasteiger partial charge is 0.123 e. The van der Waals surface area contributed by atoms with Crippen LogP contribution in [0.25, 0.3) is 0 Å². The number of aromatic hydroxyl groups is 4. The minimum absolute atomic E-state index is 0.117. The molecule has 0 amide bonds. The molecule has 1 saturated heterocycles. The largest absolute Gasteiger partial charge is 0.507 e. The summed E-state index contributed by atoms with van der Waals surface area (Å²) < 4.78 is 0. The molecule has 0 spiro atoms. The van der Waals surface area contributed by atoms with Gasteiger partial charge in [0.2, 0.25) is 0 Å². The molecular weight excluding hydrogens is 937 g/mol. The molecule has 1 aliphatic heterocycles. The lowest BCUT2D eigenvalue weighted by Crippen LogP contribution is -2.45. The second kappa shape index (κ2) is 22.6. The molecule has 1 fully saturated rings. The van der Waals surface area contributed by atoms with Gasteiger partial charge in [-0.15, -0.1) is 0 Å². The highest BCUT2D eigenvalue weighted by atomic mass is 16.3. The number of hydrogen-bond donors (Lipinski definition) is 4. The van der Waals surface area contributed by atoms with E-state index in [1.807, 2.05) is 0 Å². The highest BCUT2D eigenvalue weighted by Crippen LogP contribution is 2.43. The van der Waals surface area contributed by atoms with E-state index in [4.69, 9.17) is 0 Å². The van der Waals surface area contributed by atoms with E-state index in [-0.39, 0.29) is 43.3 Å². The van der Waals surface area contributed by atoms with E-state index < -0.39 is 0 Å². The van der Waals surface area contributed by atoms with E-state index >= 15 is 0 Å². The molecule has 0 atom stereocenters. The van der Waals surface area contributed by atoms with E-state index in [1.165, 1.54) is 22.3 Å². The van der Waals surface area contributed by atoms with Crippen molar-refractivity contribution in [3.8, 4) is 23.0 Å². The van der Waals surface area contributed by atoms with Gasteiger partial charge in [-0.3, -0.25) is 19.6 Å². The Kier molecular flexibility index (Phi) is 18.6. The molecule has 0 aromatic heterocycles. The van der Waals surface area contributed by atoms with Crippen LogP contribution in [0.4, 0.5) is 0 Å². The van der Waals surface area contributed by atoms with Crippen LogP contribution in [0.3, 0.4) is 0 Å². The van der Waals surface area contributed by atoms with Crippen molar-refractivity contribution in [1.82, 2.24) is 19.6 Å². The maximum Gasteiger partial charge on any atom is 0.123 e. The first-order valence-corrected chi connectivity index (χ1v) is 28.7. The highest BCUT2D eigenvalue weighted by Gasteiger charge is 2.32. The Hall–Kier alpha value is -4.08. The summed E-state index contributed by atoms with van der Waals surface area (Å²) in [7, 11) is 0. The average molecular weight is 1050 g/mol. The third-order valence-electron chi connectivity index (χ3n) is 16.0. The maximum atomic E-state index is 12.2. The fourth-order valence-electron chi connectivity index (χ4n) is 10.5. The molecule has 5 rings (SSSR count). The molecule has 8 heteroatoms. The molecule has 4 N–H and O–H groups in total. The van der Waals surface area contributed by atoms with Crippen molar-refractivity contribution in [1.29, 1.82) is 0 Å². The van der Waals surface area contributed by atoms with Gasteiger partial charge in [-0.2, -0.15) is 0 Å². The number of hydrogen-bond acceptors (Lipinski definition) is 8. The normalized spacial score (nSPS) is 16.7. The molecule has 0 unspecified atom stereocenters. The summed E-state index contributed by atoms with van der Waals surface area (Å²) in [6.45, 7) is 61.3. The molecule has 8 nitrogen and oxygen atoms in total. The van der Waals surface area contributed by atoms with Crippen LogP contribution in [0, 0.1) is 0 Å². The molecule has 4 aromatic rings. The number of benzene rings is 4. The van der Waals surface area contributed by atoms with Gasteiger partial charge >= 0.3 is 0 Å². The molecule has 1 aliphatic rings. The zero-order valence-electron chi connectivity index (χ0n) is 52.7. The number of nitrogens with zero attached hydrogens (tertiary/aromatic N) is 4. The molecule has 0 radical (unpaired) electrons. The summed E-state index contributed by atoms with van der Waals surface area (Å²) in [5.74, 6) is 1.51. The topological polar surface area (TPSA) is 93.9 Å². The van der Waals surface area contributed by atoms with E-state index in [0.717, 1.165) is 96.9 Å². The molecule has 1 heterocycles. The average Bonchev–Trinajstić information content (AvgIpc) is 3.23. The van der Waals surface area contributed by atoms with Gasteiger partial charge in [-0.25, -0.2) is 0 Å². The van der Waals surface area contributed by atoms with Crippen LogP contribution in [0.2, 0.25) is 0 Å². The quantitative estimate of drug-likeness (QED) is 0.139. The molecule has 0 saturated carbocycles. The van der Waals surface area contributed by atoms with Crippen molar-refractivity contribution in [2.24, 2.45) is 0 Å². The maximum absolute atomic E-state index is 12.2. The van der Waals surface area contributed by atoms with Crippen LogP contribution in [0.1, 0.15) is 233 Å². The van der Waals surface area contributed by atoms with Gasteiger partial charge < -0.3 is 20.4 Å². The van der Waals surface area contributed by atoms with Crippen LogP contribution >= 0.6 is 0 Å². The summed E-state index contributed by atoms with van der Waals surface area (Å²) >= 11 is 0. The van der Waals surface area contributed by atoms with E-state index in [1.54, 1.807) is 0 Å². The lowest BCUT2D eigenvalue weighted by molar-refractivity contribution is 0.120. The summed E-state index contributed by atoms with van der Waals surface area (Å²) in [6.07, 6.45) is 0. The Morgan fingerprint density at radius 1 is 0.250 bits per heavy atom. The Morgan fingerprint density at radius 3 is 0.513 bits per heavy atom. The lowest BCUT2D eigenvalue weighted by Gasteiger charge is -2.36. The van der Waals surface area contributed by atoms with Gasteiger partial charge in [0.25, 0.3) is 0 Å². The molecule has 424 valence electrons. The Bertz CT molecular complexity index is 2260. The molecule has 4 aromatic carbocycles. The zero-order valence-corrected chi connectivity index (χ0v) is 52.7. The Balaban J connectivity index is 1.71.